The van der Waals surface area contributed by atoms with E-state index in [-0.39, 0.29) is 18.1 Å². The Morgan fingerprint density at radius 2 is 2.06 bits per heavy atom. The van der Waals surface area contributed by atoms with Gasteiger partial charge in [-0.3, -0.25) is 14.3 Å². The molecule has 3 N–H and O–H groups in total. The Morgan fingerprint density at radius 1 is 1.26 bits per heavy atom. The highest BCUT2D eigenvalue weighted by Gasteiger charge is 2.22. The van der Waals surface area contributed by atoms with Gasteiger partial charge in [-0.25, -0.2) is 4.79 Å². The largest absolute Gasteiger partial charge is 0.418 e. The number of nitrogens with one attached hydrogen (secondary N) is 1. The molecule has 0 aromatic carbocycles. The molecule has 9 nitrogen and oxygen atoms in total. The molecule has 0 atom stereocenters. The zero-order chi connectivity index (χ0) is 22.0. The standard InChI is InChI=1S/C21H28N6O3S/c1-3-5-10-27-18(22)17(19(28)23-21(27)29)26(4-2)12-16-24-25-20(30-16)15-11-13-8-6-7-9-14(13)31-15/h11H,3-10,12,22H2,1-2H3,(H,23,28,29). The number of aromatic nitrogens is 4. The second kappa shape index (κ2) is 9.09. The Labute approximate surface area is 183 Å². The minimum Gasteiger partial charge on any atom is -0.418 e. The van der Waals surface area contributed by atoms with Crippen molar-refractivity contribution in [1.82, 2.24) is 19.7 Å². The van der Waals surface area contributed by atoms with E-state index in [0.717, 1.165) is 30.6 Å². The molecule has 0 bridgehead atoms. The van der Waals surface area contributed by atoms with Crippen molar-refractivity contribution < 1.29 is 4.42 Å². The number of nitrogens with zero attached hydrogens (tertiary/aromatic N) is 4. The summed E-state index contributed by atoms with van der Waals surface area (Å²) in [7, 11) is 0. The molecule has 0 aliphatic heterocycles. The second-order valence-corrected chi connectivity index (χ2v) is 8.92. The van der Waals surface area contributed by atoms with Gasteiger partial charge in [-0.1, -0.05) is 13.3 Å². The first-order chi connectivity index (χ1) is 15.0. The summed E-state index contributed by atoms with van der Waals surface area (Å²) in [5.41, 5.74) is 6.88. The number of nitrogen functional groups attached to an aromatic ring is 1. The van der Waals surface area contributed by atoms with Crippen molar-refractivity contribution in [3.05, 3.63) is 43.2 Å². The molecule has 3 aromatic heterocycles. The molecule has 0 amide bonds. The van der Waals surface area contributed by atoms with Gasteiger partial charge in [0.1, 0.15) is 11.5 Å². The van der Waals surface area contributed by atoms with Crippen LogP contribution in [0.3, 0.4) is 0 Å². The number of hydrogen-bond acceptors (Lipinski definition) is 8. The predicted molar refractivity (Wildman–Crippen MR) is 122 cm³/mol. The number of rotatable bonds is 8. The molecular weight excluding hydrogens is 416 g/mol. The molecule has 0 spiro atoms. The van der Waals surface area contributed by atoms with Crippen LogP contribution in [0.2, 0.25) is 0 Å². The zero-order valence-corrected chi connectivity index (χ0v) is 18.8. The number of unbranched alkanes of at least 4 members (excludes halogenated alkanes) is 1. The van der Waals surface area contributed by atoms with Crippen LogP contribution in [0.5, 0.6) is 0 Å². The maximum absolute atomic E-state index is 12.6. The van der Waals surface area contributed by atoms with Gasteiger partial charge in [0.05, 0.1) is 11.4 Å². The van der Waals surface area contributed by atoms with Crippen LogP contribution < -0.4 is 21.9 Å². The molecule has 0 saturated heterocycles. The minimum atomic E-state index is -0.511. The summed E-state index contributed by atoms with van der Waals surface area (Å²) in [6.45, 7) is 5.11. The monoisotopic (exact) mass is 444 g/mol. The van der Waals surface area contributed by atoms with E-state index in [1.54, 1.807) is 16.2 Å². The van der Waals surface area contributed by atoms with E-state index in [9.17, 15) is 9.59 Å². The highest BCUT2D eigenvalue weighted by Crippen LogP contribution is 2.35. The second-order valence-electron chi connectivity index (χ2n) is 7.78. The van der Waals surface area contributed by atoms with Crippen molar-refractivity contribution in [2.75, 3.05) is 17.2 Å². The van der Waals surface area contributed by atoms with Gasteiger partial charge in [0, 0.05) is 18.0 Å². The Hall–Kier alpha value is -2.88. The average molecular weight is 445 g/mol. The first-order valence-corrected chi connectivity index (χ1v) is 11.6. The zero-order valence-electron chi connectivity index (χ0n) is 17.9. The van der Waals surface area contributed by atoms with Crippen LogP contribution in [0.4, 0.5) is 11.5 Å². The first-order valence-electron chi connectivity index (χ1n) is 10.8. The van der Waals surface area contributed by atoms with E-state index in [1.165, 1.54) is 27.8 Å². The molecule has 1 aliphatic rings. The lowest BCUT2D eigenvalue weighted by Gasteiger charge is -2.23. The predicted octanol–water partition coefficient (Wildman–Crippen LogP) is 2.94. The summed E-state index contributed by atoms with van der Waals surface area (Å²) in [4.78, 5) is 31.3. The third-order valence-corrected chi connectivity index (χ3v) is 6.87. The Balaban J connectivity index is 1.60. The SMILES string of the molecule is CCCCn1c(N)c(N(CC)Cc2nnc(-c3cc4c(s3)CCCC4)o2)c(=O)[nH]c1=O. The molecule has 10 heteroatoms. The van der Waals surface area contributed by atoms with Crippen LogP contribution in [-0.2, 0) is 25.9 Å². The number of H-pyrrole nitrogens is 1. The molecule has 0 saturated carbocycles. The van der Waals surface area contributed by atoms with Crippen molar-refractivity contribution in [2.24, 2.45) is 0 Å². The maximum atomic E-state index is 12.6. The van der Waals surface area contributed by atoms with Crippen LogP contribution in [0, 0.1) is 0 Å². The van der Waals surface area contributed by atoms with E-state index >= 15 is 0 Å². The average Bonchev–Trinajstić information content (AvgIpc) is 3.39. The smallest absolute Gasteiger partial charge is 0.330 e. The van der Waals surface area contributed by atoms with Crippen LogP contribution in [0.15, 0.2) is 20.1 Å². The number of thiophene rings is 1. The summed E-state index contributed by atoms with van der Waals surface area (Å²) in [5, 5.41) is 8.41. The van der Waals surface area contributed by atoms with Gasteiger partial charge in [-0.2, -0.15) is 0 Å². The molecule has 31 heavy (non-hydrogen) atoms. The molecule has 0 radical (unpaired) electrons. The van der Waals surface area contributed by atoms with Gasteiger partial charge in [0.15, 0.2) is 0 Å². The Bertz CT molecular complexity index is 1150. The Kier molecular flexibility index (Phi) is 6.26. The topological polar surface area (TPSA) is 123 Å². The van der Waals surface area contributed by atoms with Gasteiger partial charge in [-0.05, 0) is 50.7 Å². The van der Waals surface area contributed by atoms with Crippen molar-refractivity contribution in [3.63, 3.8) is 0 Å². The number of hydrogen-bond donors (Lipinski definition) is 2. The lowest BCUT2D eigenvalue weighted by molar-refractivity contribution is 0.499. The fourth-order valence-electron chi connectivity index (χ4n) is 3.95. The van der Waals surface area contributed by atoms with Crippen molar-refractivity contribution in [1.29, 1.82) is 0 Å². The number of aryl methyl sites for hydroxylation is 2. The summed E-state index contributed by atoms with van der Waals surface area (Å²) in [6, 6.07) is 2.15. The van der Waals surface area contributed by atoms with Crippen LogP contribution in [0.25, 0.3) is 10.8 Å². The lowest BCUT2D eigenvalue weighted by atomic mass is 9.99. The van der Waals surface area contributed by atoms with E-state index in [4.69, 9.17) is 10.2 Å². The number of aromatic amines is 1. The molecule has 0 fully saturated rings. The van der Waals surface area contributed by atoms with Crippen LogP contribution >= 0.6 is 11.3 Å². The highest BCUT2D eigenvalue weighted by atomic mass is 32.1. The summed E-state index contributed by atoms with van der Waals surface area (Å²) in [5.74, 6) is 1.06. The van der Waals surface area contributed by atoms with Gasteiger partial charge >= 0.3 is 5.69 Å². The normalized spacial score (nSPS) is 13.4. The van der Waals surface area contributed by atoms with Gasteiger partial charge in [0.2, 0.25) is 5.89 Å². The molecular formula is C21H28N6O3S. The Morgan fingerprint density at radius 3 is 2.81 bits per heavy atom. The first kappa shape index (κ1) is 21.4. The van der Waals surface area contributed by atoms with Gasteiger partial charge in [-0.15, -0.1) is 21.5 Å². The molecule has 4 rings (SSSR count). The van der Waals surface area contributed by atoms with Gasteiger partial charge in [0.25, 0.3) is 11.4 Å². The van der Waals surface area contributed by atoms with Crippen molar-refractivity contribution in [3.8, 4) is 10.8 Å². The molecule has 3 aromatic rings. The fourth-order valence-corrected chi connectivity index (χ4v) is 5.12. The third-order valence-electron chi connectivity index (χ3n) is 5.65. The molecule has 166 valence electrons. The van der Waals surface area contributed by atoms with E-state index in [1.807, 2.05) is 13.8 Å². The lowest BCUT2D eigenvalue weighted by Crippen LogP contribution is -2.38. The van der Waals surface area contributed by atoms with E-state index in [0.29, 0.717) is 24.9 Å². The fraction of sp³-hybridized carbons (Fsp3) is 0.524. The van der Waals surface area contributed by atoms with Crippen molar-refractivity contribution >= 4 is 22.8 Å². The number of fused-ring (bicyclic) bond motifs is 1. The van der Waals surface area contributed by atoms with E-state index in [2.05, 4.69) is 21.2 Å². The summed E-state index contributed by atoms with van der Waals surface area (Å²) in [6.07, 6.45) is 6.37. The highest BCUT2D eigenvalue weighted by molar-refractivity contribution is 7.15. The number of anilines is 2. The minimum absolute atomic E-state index is 0.162. The van der Waals surface area contributed by atoms with Gasteiger partial charge < -0.3 is 15.1 Å². The molecule has 1 aliphatic carbocycles. The van der Waals surface area contributed by atoms with Crippen LogP contribution in [-0.4, -0.2) is 26.3 Å². The summed E-state index contributed by atoms with van der Waals surface area (Å²) < 4.78 is 7.34. The van der Waals surface area contributed by atoms with Crippen LogP contribution in [0.1, 0.15) is 55.9 Å². The maximum Gasteiger partial charge on any atom is 0.330 e. The summed E-state index contributed by atoms with van der Waals surface area (Å²) >= 11 is 1.72. The third kappa shape index (κ3) is 4.30. The van der Waals surface area contributed by atoms with E-state index < -0.39 is 11.2 Å². The molecule has 3 heterocycles. The van der Waals surface area contributed by atoms with Crippen molar-refractivity contribution in [2.45, 2.75) is 65.5 Å². The quantitative estimate of drug-likeness (QED) is 0.547. The number of nitrogens with two attached hydrogens (primary N) is 1. The molecule has 0 unspecified atom stereocenters.